The van der Waals surface area contributed by atoms with Crippen LogP contribution in [0.25, 0.3) is 0 Å². The summed E-state index contributed by atoms with van der Waals surface area (Å²) < 4.78 is 0. The van der Waals surface area contributed by atoms with Crippen LogP contribution in [0.15, 0.2) is 18.3 Å². The second kappa shape index (κ2) is 6.53. The van der Waals surface area contributed by atoms with Crippen molar-refractivity contribution < 1.29 is 9.90 Å². The van der Waals surface area contributed by atoms with Crippen molar-refractivity contribution in [1.29, 1.82) is 0 Å². The Kier molecular flexibility index (Phi) is 4.75. The summed E-state index contributed by atoms with van der Waals surface area (Å²) in [5.41, 5.74) is 0.954. The fourth-order valence-corrected chi connectivity index (χ4v) is 2.05. The number of aromatic nitrogens is 1. The molecular formula is C16H20N2O2. The van der Waals surface area contributed by atoms with Gasteiger partial charge >= 0.3 is 0 Å². The fraction of sp³-hybridized carbons (Fsp3) is 0.500. The van der Waals surface area contributed by atoms with Crippen LogP contribution in [0.1, 0.15) is 42.7 Å². The Balaban J connectivity index is 2.25. The Morgan fingerprint density at radius 3 is 2.90 bits per heavy atom. The molecule has 0 spiro atoms. The van der Waals surface area contributed by atoms with Crippen LogP contribution in [0.5, 0.6) is 0 Å². The van der Waals surface area contributed by atoms with Crippen LogP contribution in [0.2, 0.25) is 0 Å². The van der Waals surface area contributed by atoms with Crippen LogP contribution in [0, 0.1) is 17.8 Å². The third-order valence-corrected chi connectivity index (χ3v) is 3.35. The lowest BCUT2D eigenvalue weighted by Gasteiger charge is -2.26. The topological polar surface area (TPSA) is 53.4 Å². The Morgan fingerprint density at radius 2 is 2.30 bits per heavy atom. The molecule has 0 aromatic carbocycles. The first-order chi connectivity index (χ1) is 9.63. The molecular weight excluding hydrogens is 252 g/mol. The van der Waals surface area contributed by atoms with Gasteiger partial charge < -0.3 is 10.0 Å². The van der Waals surface area contributed by atoms with Gasteiger partial charge in [0.05, 0.1) is 5.56 Å². The first-order valence-electron chi connectivity index (χ1n) is 6.99. The van der Waals surface area contributed by atoms with Gasteiger partial charge in [-0.3, -0.25) is 4.79 Å². The van der Waals surface area contributed by atoms with Crippen molar-refractivity contribution in [2.75, 3.05) is 13.2 Å². The van der Waals surface area contributed by atoms with Crippen LogP contribution in [0.3, 0.4) is 0 Å². The quantitative estimate of drug-likeness (QED) is 0.849. The Morgan fingerprint density at radius 1 is 1.55 bits per heavy atom. The van der Waals surface area contributed by atoms with E-state index in [2.05, 4.69) is 16.8 Å². The molecule has 1 fully saturated rings. The molecule has 1 saturated carbocycles. The predicted octanol–water partition coefficient (Wildman–Crippen LogP) is 1.69. The van der Waals surface area contributed by atoms with E-state index in [9.17, 15) is 4.79 Å². The van der Waals surface area contributed by atoms with Gasteiger partial charge in [0.2, 0.25) is 0 Å². The summed E-state index contributed by atoms with van der Waals surface area (Å²) in [5.74, 6) is 5.93. The maximum Gasteiger partial charge on any atom is 0.273 e. The van der Waals surface area contributed by atoms with E-state index in [1.165, 1.54) is 12.8 Å². The average Bonchev–Trinajstić information content (AvgIpc) is 3.26. The minimum Gasteiger partial charge on any atom is -0.384 e. The molecule has 2 rings (SSSR count). The summed E-state index contributed by atoms with van der Waals surface area (Å²) in [6, 6.07) is 3.65. The van der Waals surface area contributed by atoms with Gasteiger partial charge in [0, 0.05) is 18.8 Å². The molecule has 0 atom stereocenters. The molecule has 0 aliphatic heterocycles. The van der Waals surface area contributed by atoms with Gasteiger partial charge in [-0.15, -0.1) is 0 Å². The largest absolute Gasteiger partial charge is 0.384 e. The molecule has 4 nitrogen and oxygen atoms in total. The summed E-state index contributed by atoms with van der Waals surface area (Å²) in [5, 5.41) is 8.79. The molecule has 1 heterocycles. The molecule has 106 valence electrons. The number of aliphatic hydroxyl groups excluding tert-OH is 1. The fourth-order valence-electron chi connectivity index (χ4n) is 2.05. The molecule has 0 bridgehead atoms. The van der Waals surface area contributed by atoms with Gasteiger partial charge in [0.15, 0.2) is 0 Å². The van der Waals surface area contributed by atoms with Crippen molar-refractivity contribution in [2.24, 2.45) is 5.92 Å². The van der Waals surface area contributed by atoms with E-state index in [-0.39, 0.29) is 18.6 Å². The van der Waals surface area contributed by atoms with Crippen LogP contribution in [0.4, 0.5) is 0 Å². The number of hydrogen-bond donors (Lipinski definition) is 1. The van der Waals surface area contributed by atoms with Crippen molar-refractivity contribution in [3.05, 3.63) is 29.6 Å². The second-order valence-electron chi connectivity index (χ2n) is 5.35. The Hall–Kier alpha value is -1.86. The van der Waals surface area contributed by atoms with Gasteiger partial charge in [0.25, 0.3) is 5.91 Å². The molecule has 20 heavy (non-hydrogen) atoms. The molecule has 0 saturated heterocycles. The molecule has 0 radical (unpaired) electrons. The summed E-state index contributed by atoms with van der Waals surface area (Å²) in [6.07, 6.45) is 4.01. The van der Waals surface area contributed by atoms with Crippen molar-refractivity contribution in [3.63, 3.8) is 0 Å². The Labute approximate surface area is 119 Å². The van der Waals surface area contributed by atoms with E-state index in [1.807, 2.05) is 18.7 Å². The number of hydrogen-bond acceptors (Lipinski definition) is 3. The normalized spacial score (nSPS) is 13.8. The summed E-state index contributed by atoms with van der Waals surface area (Å²) in [6.45, 7) is 4.60. The van der Waals surface area contributed by atoms with Crippen molar-refractivity contribution in [2.45, 2.75) is 32.7 Å². The number of nitrogens with zero attached hydrogens (tertiary/aromatic N) is 2. The van der Waals surface area contributed by atoms with E-state index >= 15 is 0 Å². The van der Waals surface area contributed by atoms with Crippen LogP contribution in [-0.4, -0.2) is 40.1 Å². The lowest BCUT2D eigenvalue weighted by Crippen LogP contribution is -2.39. The van der Waals surface area contributed by atoms with Crippen molar-refractivity contribution in [1.82, 2.24) is 9.88 Å². The van der Waals surface area contributed by atoms with Gasteiger partial charge in [0.1, 0.15) is 12.3 Å². The molecule has 1 aliphatic carbocycles. The molecule has 1 aromatic heterocycles. The smallest absolute Gasteiger partial charge is 0.273 e. The van der Waals surface area contributed by atoms with Crippen LogP contribution in [-0.2, 0) is 0 Å². The Bertz CT molecular complexity index is 539. The summed E-state index contributed by atoms with van der Waals surface area (Å²) in [7, 11) is 0. The van der Waals surface area contributed by atoms with E-state index < -0.39 is 0 Å². The predicted molar refractivity (Wildman–Crippen MR) is 77.1 cm³/mol. The standard InChI is InChI=1S/C16H20N2O2/c1-12(2)18(11-13-7-8-13)16(20)15-14(6-4-10-19)5-3-9-17-15/h3,5,9,12-13,19H,7-8,10-11H2,1-2H3. The first-order valence-corrected chi connectivity index (χ1v) is 6.99. The number of carbonyl (C=O) groups excluding carboxylic acids is 1. The van der Waals surface area contributed by atoms with E-state index in [0.29, 0.717) is 17.2 Å². The van der Waals surface area contributed by atoms with Gasteiger partial charge in [-0.05, 0) is 44.7 Å². The maximum atomic E-state index is 12.7. The second-order valence-corrected chi connectivity index (χ2v) is 5.35. The summed E-state index contributed by atoms with van der Waals surface area (Å²) >= 11 is 0. The zero-order valence-corrected chi connectivity index (χ0v) is 12.0. The van der Waals surface area contributed by atoms with Crippen molar-refractivity contribution in [3.8, 4) is 11.8 Å². The highest BCUT2D eigenvalue weighted by atomic mass is 16.2. The highest BCUT2D eigenvalue weighted by molar-refractivity contribution is 5.95. The average molecular weight is 272 g/mol. The minimum atomic E-state index is -0.224. The third-order valence-electron chi connectivity index (χ3n) is 3.35. The molecule has 1 amide bonds. The minimum absolute atomic E-state index is 0.0743. The van der Waals surface area contributed by atoms with Gasteiger partial charge in [-0.1, -0.05) is 11.8 Å². The zero-order chi connectivity index (χ0) is 14.5. The lowest BCUT2D eigenvalue weighted by molar-refractivity contribution is 0.0690. The number of aliphatic hydroxyl groups is 1. The molecule has 1 N–H and O–H groups in total. The molecule has 1 aliphatic rings. The monoisotopic (exact) mass is 272 g/mol. The van der Waals surface area contributed by atoms with E-state index in [0.717, 1.165) is 6.54 Å². The highest BCUT2D eigenvalue weighted by Crippen LogP contribution is 2.30. The number of pyridine rings is 1. The number of rotatable bonds is 4. The van der Waals surface area contributed by atoms with Crippen molar-refractivity contribution >= 4 is 5.91 Å². The maximum absolute atomic E-state index is 12.7. The molecule has 1 aromatic rings. The third kappa shape index (κ3) is 3.58. The van der Waals surface area contributed by atoms with E-state index in [1.54, 1.807) is 18.3 Å². The number of amides is 1. The summed E-state index contributed by atoms with van der Waals surface area (Å²) in [4.78, 5) is 18.7. The number of carbonyl (C=O) groups is 1. The SMILES string of the molecule is CC(C)N(CC1CC1)C(=O)c1ncccc1C#CCO. The lowest BCUT2D eigenvalue weighted by atomic mass is 10.1. The van der Waals surface area contributed by atoms with E-state index in [4.69, 9.17) is 5.11 Å². The first kappa shape index (κ1) is 14.5. The molecule has 4 heteroatoms. The van der Waals surface area contributed by atoms with Crippen LogP contribution < -0.4 is 0 Å². The van der Waals surface area contributed by atoms with Gasteiger partial charge in [-0.25, -0.2) is 4.98 Å². The zero-order valence-electron chi connectivity index (χ0n) is 12.0. The van der Waals surface area contributed by atoms with Crippen LogP contribution >= 0.6 is 0 Å². The highest BCUT2D eigenvalue weighted by Gasteiger charge is 2.29. The molecule has 0 unspecified atom stereocenters. The van der Waals surface area contributed by atoms with Gasteiger partial charge in [-0.2, -0.15) is 0 Å².